The van der Waals surface area contributed by atoms with Crippen molar-refractivity contribution in [3.63, 3.8) is 0 Å². The van der Waals surface area contributed by atoms with Crippen LogP contribution in [0.25, 0.3) is 10.8 Å². The molecule has 0 fully saturated rings. The number of benzene rings is 1. The second-order valence-electron chi connectivity index (χ2n) is 5.83. The molecule has 1 aliphatic heterocycles. The quantitative estimate of drug-likeness (QED) is 0.590. The van der Waals surface area contributed by atoms with Crippen molar-refractivity contribution in [2.24, 2.45) is 0 Å². The van der Waals surface area contributed by atoms with Gasteiger partial charge in [-0.05, 0) is 36.1 Å². The molecule has 2 aromatic heterocycles. The number of carbonyl (C=O) groups excluding carboxylic acids is 1. The van der Waals surface area contributed by atoms with Crippen LogP contribution in [0.2, 0.25) is 5.02 Å². The summed E-state index contributed by atoms with van der Waals surface area (Å²) in [6, 6.07) is 7.17. The molecule has 0 saturated heterocycles. The van der Waals surface area contributed by atoms with Crippen LogP contribution < -0.4 is 9.47 Å². The molecule has 27 heavy (non-hydrogen) atoms. The maximum atomic E-state index is 12.3. The standard InChI is InChI=1S/C18H15ClN2O5S/c1-10(17-20-21-18(26-17)14-3-2-6-27-14)25-15(22)9-11-7-12(19)16-13(8-11)23-4-5-24-16/h2-3,6-8,10H,4-5,9H2,1H3. The largest absolute Gasteiger partial charge is 0.486 e. The molecule has 0 bridgehead atoms. The van der Waals surface area contributed by atoms with Gasteiger partial charge in [-0.15, -0.1) is 21.5 Å². The van der Waals surface area contributed by atoms with Crippen molar-refractivity contribution in [2.45, 2.75) is 19.4 Å². The van der Waals surface area contributed by atoms with Gasteiger partial charge in [0.15, 0.2) is 17.6 Å². The fourth-order valence-electron chi connectivity index (χ4n) is 2.62. The lowest BCUT2D eigenvalue weighted by molar-refractivity contribution is -0.148. The van der Waals surface area contributed by atoms with Crippen LogP contribution in [0, 0.1) is 0 Å². The maximum Gasteiger partial charge on any atom is 0.311 e. The van der Waals surface area contributed by atoms with E-state index in [1.165, 1.54) is 11.3 Å². The molecule has 0 spiro atoms. The number of rotatable bonds is 5. The normalized spacial score (nSPS) is 14.0. The van der Waals surface area contributed by atoms with Crippen molar-refractivity contribution in [1.29, 1.82) is 0 Å². The molecule has 140 valence electrons. The van der Waals surface area contributed by atoms with Crippen LogP contribution in [0.4, 0.5) is 0 Å². The summed E-state index contributed by atoms with van der Waals surface area (Å²) >= 11 is 7.69. The summed E-state index contributed by atoms with van der Waals surface area (Å²) in [7, 11) is 0. The van der Waals surface area contributed by atoms with E-state index >= 15 is 0 Å². The van der Waals surface area contributed by atoms with E-state index in [1.807, 2.05) is 17.5 Å². The number of thiophene rings is 1. The molecule has 3 aromatic rings. The third kappa shape index (κ3) is 3.91. The number of esters is 1. The molecule has 0 amide bonds. The van der Waals surface area contributed by atoms with E-state index in [0.717, 1.165) is 4.88 Å². The number of ether oxygens (including phenoxy) is 3. The Balaban J connectivity index is 1.41. The topological polar surface area (TPSA) is 83.7 Å². The van der Waals surface area contributed by atoms with E-state index < -0.39 is 12.1 Å². The highest BCUT2D eigenvalue weighted by Crippen LogP contribution is 2.38. The number of nitrogens with zero attached hydrogens (tertiary/aromatic N) is 2. The van der Waals surface area contributed by atoms with Crippen molar-refractivity contribution in [2.75, 3.05) is 13.2 Å². The Bertz CT molecular complexity index is 957. The highest BCUT2D eigenvalue weighted by atomic mass is 35.5. The molecule has 1 aliphatic rings. The summed E-state index contributed by atoms with van der Waals surface area (Å²) in [4.78, 5) is 13.1. The van der Waals surface area contributed by atoms with Crippen LogP contribution in [0.5, 0.6) is 11.5 Å². The summed E-state index contributed by atoms with van der Waals surface area (Å²) < 4.78 is 22.0. The predicted molar refractivity (Wildman–Crippen MR) is 98.3 cm³/mol. The Hall–Kier alpha value is -2.58. The molecule has 3 heterocycles. The highest BCUT2D eigenvalue weighted by molar-refractivity contribution is 7.13. The van der Waals surface area contributed by atoms with Gasteiger partial charge in [0.2, 0.25) is 0 Å². The van der Waals surface area contributed by atoms with Crippen LogP contribution in [-0.2, 0) is 16.0 Å². The van der Waals surface area contributed by atoms with Gasteiger partial charge in [0.25, 0.3) is 11.8 Å². The summed E-state index contributed by atoms with van der Waals surface area (Å²) in [5, 5.41) is 10.3. The number of aromatic nitrogens is 2. The Morgan fingerprint density at radius 3 is 3.00 bits per heavy atom. The predicted octanol–water partition coefficient (Wildman–Crippen LogP) is 4.07. The van der Waals surface area contributed by atoms with E-state index in [4.69, 9.17) is 30.2 Å². The van der Waals surface area contributed by atoms with Gasteiger partial charge in [0.1, 0.15) is 13.2 Å². The Morgan fingerprint density at radius 1 is 1.33 bits per heavy atom. The van der Waals surface area contributed by atoms with Gasteiger partial charge in [0.05, 0.1) is 16.3 Å². The molecule has 0 radical (unpaired) electrons. The lowest BCUT2D eigenvalue weighted by Crippen LogP contribution is -2.16. The molecule has 4 rings (SSSR count). The van der Waals surface area contributed by atoms with Crippen LogP contribution >= 0.6 is 22.9 Å². The monoisotopic (exact) mass is 406 g/mol. The van der Waals surface area contributed by atoms with Gasteiger partial charge in [-0.3, -0.25) is 4.79 Å². The van der Waals surface area contributed by atoms with Crippen molar-refractivity contribution in [1.82, 2.24) is 10.2 Å². The molecule has 9 heteroatoms. The number of fused-ring (bicyclic) bond motifs is 1. The summed E-state index contributed by atoms with van der Waals surface area (Å²) in [6.45, 7) is 2.57. The fraction of sp³-hybridized carbons (Fsp3) is 0.278. The number of hydrogen-bond acceptors (Lipinski definition) is 8. The minimum absolute atomic E-state index is 0.0343. The van der Waals surface area contributed by atoms with E-state index in [0.29, 0.717) is 41.2 Å². The SMILES string of the molecule is CC(OC(=O)Cc1cc(Cl)c2c(c1)OCCO2)c1nnc(-c2cccs2)o1. The van der Waals surface area contributed by atoms with Gasteiger partial charge in [-0.1, -0.05) is 17.7 Å². The average molecular weight is 407 g/mol. The van der Waals surface area contributed by atoms with Gasteiger partial charge in [-0.25, -0.2) is 0 Å². The lowest BCUT2D eigenvalue weighted by Gasteiger charge is -2.20. The Labute approximate surface area is 163 Å². The van der Waals surface area contributed by atoms with Gasteiger partial charge >= 0.3 is 5.97 Å². The second kappa shape index (κ2) is 7.58. The van der Waals surface area contributed by atoms with E-state index in [1.54, 1.807) is 19.1 Å². The van der Waals surface area contributed by atoms with Crippen molar-refractivity contribution in [3.8, 4) is 22.3 Å². The molecule has 1 atom stereocenters. The smallest absolute Gasteiger partial charge is 0.311 e. The lowest BCUT2D eigenvalue weighted by atomic mass is 10.1. The van der Waals surface area contributed by atoms with Crippen LogP contribution in [0.1, 0.15) is 24.5 Å². The average Bonchev–Trinajstić information content (AvgIpc) is 3.33. The first-order valence-electron chi connectivity index (χ1n) is 8.25. The minimum atomic E-state index is -0.661. The summed E-state index contributed by atoms with van der Waals surface area (Å²) in [6.07, 6.45) is -0.626. The second-order valence-corrected chi connectivity index (χ2v) is 7.19. The fourth-order valence-corrected chi connectivity index (χ4v) is 3.55. The van der Waals surface area contributed by atoms with Gasteiger partial charge in [-0.2, -0.15) is 0 Å². The molecule has 0 aliphatic carbocycles. The molecule has 7 nitrogen and oxygen atoms in total. The summed E-state index contributed by atoms with van der Waals surface area (Å²) in [5.41, 5.74) is 0.672. The first-order chi connectivity index (χ1) is 13.1. The summed E-state index contributed by atoms with van der Waals surface area (Å²) in [5.74, 6) is 1.24. The zero-order valence-electron chi connectivity index (χ0n) is 14.3. The Morgan fingerprint density at radius 2 is 2.19 bits per heavy atom. The third-order valence-corrected chi connectivity index (χ3v) is 4.97. The van der Waals surface area contributed by atoms with Gasteiger partial charge in [0, 0.05) is 0 Å². The van der Waals surface area contributed by atoms with E-state index in [-0.39, 0.29) is 12.3 Å². The van der Waals surface area contributed by atoms with Crippen LogP contribution in [-0.4, -0.2) is 29.4 Å². The number of carbonyl (C=O) groups is 1. The van der Waals surface area contributed by atoms with Crippen molar-refractivity contribution < 1.29 is 23.4 Å². The van der Waals surface area contributed by atoms with Crippen molar-refractivity contribution >= 4 is 28.9 Å². The number of halogens is 1. The van der Waals surface area contributed by atoms with Crippen molar-refractivity contribution in [3.05, 3.63) is 46.1 Å². The molecule has 0 N–H and O–H groups in total. The molecular formula is C18H15ClN2O5S. The molecular weight excluding hydrogens is 392 g/mol. The van der Waals surface area contributed by atoms with Gasteiger partial charge < -0.3 is 18.6 Å². The van der Waals surface area contributed by atoms with Crippen LogP contribution in [0.3, 0.4) is 0 Å². The number of hydrogen-bond donors (Lipinski definition) is 0. The maximum absolute atomic E-state index is 12.3. The van der Waals surface area contributed by atoms with E-state index in [2.05, 4.69) is 10.2 Å². The third-order valence-electron chi connectivity index (χ3n) is 3.83. The Kier molecular flexibility index (Phi) is 5.00. The minimum Gasteiger partial charge on any atom is -0.486 e. The highest BCUT2D eigenvalue weighted by Gasteiger charge is 2.21. The van der Waals surface area contributed by atoms with Crippen LogP contribution in [0.15, 0.2) is 34.1 Å². The molecule has 1 aromatic carbocycles. The first kappa shape index (κ1) is 17.8. The van der Waals surface area contributed by atoms with E-state index in [9.17, 15) is 4.79 Å². The zero-order valence-corrected chi connectivity index (χ0v) is 15.9. The first-order valence-corrected chi connectivity index (χ1v) is 9.50. The zero-order chi connectivity index (χ0) is 18.8. The molecule has 1 unspecified atom stereocenters. The molecule has 0 saturated carbocycles.